The number of primary amides is 1. The van der Waals surface area contributed by atoms with E-state index in [1.54, 1.807) is 22.4 Å². The summed E-state index contributed by atoms with van der Waals surface area (Å²) >= 11 is 1.60. The van der Waals surface area contributed by atoms with Crippen molar-refractivity contribution >= 4 is 33.4 Å². The van der Waals surface area contributed by atoms with Gasteiger partial charge in [0.05, 0.1) is 15.8 Å². The van der Waals surface area contributed by atoms with E-state index >= 15 is 0 Å². The molecule has 2 N–H and O–H groups in total. The average Bonchev–Trinajstić information content (AvgIpc) is 2.87. The zero-order valence-electron chi connectivity index (χ0n) is 11.8. The second kappa shape index (κ2) is 5.44. The number of thiophene rings is 1. The molecule has 2 aromatic heterocycles. The molecule has 6 heteroatoms. The fraction of sp³-hybridized carbons (Fsp3) is 0.400. The van der Waals surface area contributed by atoms with E-state index in [1.165, 1.54) is 0 Å². The number of likely N-dealkylation sites (tertiary alicyclic amines) is 1. The molecule has 1 fully saturated rings. The van der Waals surface area contributed by atoms with Crippen LogP contribution in [0.1, 0.15) is 28.8 Å². The van der Waals surface area contributed by atoms with Crippen LogP contribution in [0.4, 0.5) is 0 Å². The fourth-order valence-corrected chi connectivity index (χ4v) is 3.64. The molecule has 1 aliphatic rings. The van der Waals surface area contributed by atoms with Crippen molar-refractivity contribution in [2.45, 2.75) is 19.8 Å². The number of hydrogen-bond acceptors (Lipinski definition) is 4. The molecule has 3 heterocycles. The van der Waals surface area contributed by atoms with Crippen LogP contribution in [-0.2, 0) is 4.79 Å². The number of fused-ring (bicyclic) bond motifs is 1. The smallest absolute Gasteiger partial charge is 0.255 e. The minimum atomic E-state index is -0.265. The number of rotatable bonds is 2. The highest BCUT2D eigenvalue weighted by atomic mass is 32.1. The lowest BCUT2D eigenvalue weighted by Crippen LogP contribution is -2.41. The summed E-state index contributed by atoms with van der Waals surface area (Å²) in [5, 5.41) is 2.05. The number of nitrogens with two attached hydrogens (primary N) is 1. The molecule has 21 heavy (non-hydrogen) atoms. The van der Waals surface area contributed by atoms with Crippen molar-refractivity contribution < 1.29 is 9.59 Å². The van der Waals surface area contributed by atoms with Gasteiger partial charge in [-0.15, -0.1) is 11.3 Å². The Morgan fingerprint density at radius 1 is 1.38 bits per heavy atom. The Labute approximate surface area is 126 Å². The summed E-state index contributed by atoms with van der Waals surface area (Å²) in [5.41, 5.74) is 8.02. The van der Waals surface area contributed by atoms with E-state index in [2.05, 4.69) is 4.98 Å². The van der Waals surface area contributed by atoms with E-state index in [0.29, 0.717) is 31.5 Å². The van der Waals surface area contributed by atoms with E-state index in [0.717, 1.165) is 15.8 Å². The van der Waals surface area contributed by atoms with Gasteiger partial charge >= 0.3 is 0 Å². The van der Waals surface area contributed by atoms with E-state index in [-0.39, 0.29) is 17.7 Å². The molecule has 5 nitrogen and oxygen atoms in total. The Morgan fingerprint density at radius 3 is 2.76 bits per heavy atom. The van der Waals surface area contributed by atoms with Crippen molar-refractivity contribution in [3.8, 4) is 0 Å². The molecule has 0 aliphatic carbocycles. The summed E-state index contributed by atoms with van der Waals surface area (Å²) in [6, 6.07) is 1.91. The molecule has 0 unspecified atom stereocenters. The van der Waals surface area contributed by atoms with E-state index in [1.807, 2.05) is 18.4 Å². The van der Waals surface area contributed by atoms with Crippen molar-refractivity contribution in [1.82, 2.24) is 9.88 Å². The molecule has 110 valence electrons. The summed E-state index contributed by atoms with van der Waals surface area (Å²) in [6.45, 7) is 3.17. The Morgan fingerprint density at radius 2 is 2.10 bits per heavy atom. The normalized spacial score (nSPS) is 16.3. The van der Waals surface area contributed by atoms with Crippen molar-refractivity contribution in [3.63, 3.8) is 0 Å². The predicted molar refractivity (Wildman–Crippen MR) is 82.2 cm³/mol. The first-order valence-corrected chi connectivity index (χ1v) is 7.86. The monoisotopic (exact) mass is 303 g/mol. The Balaban J connectivity index is 1.76. The zero-order chi connectivity index (χ0) is 15.0. The lowest BCUT2D eigenvalue weighted by Gasteiger charge is -2.30. The van der Waals surface area contributed by atoms with Gasteiger partial charge in [-0.2, -0.15) is 0 Å². The second-order valence-electron chi connectivity index (χ2n) is 5.46. The lowest BCUT2D eigenvalue weighted by atomic mass is 9.96. The number of aromatic nitrogens is 1. The van der Waals surface area contributed by atoms with E-state index in [9.17, 15) is 9.59 Å². The number of aryl methyl sites for hydroxylation is 1. The molecular formula is C15H17N3O2S. The minimum Gasteiger partial charge on any atom is -0.369 e. The highest BCUT2D eigenvalue weighted by Crippen LogP contribution is 2.25. The Kier molecular flexibility index (Phi) is 3.63. The number of nitrogens with zero attached hydrogens (tertiary/aromatic N) is 2. The molecule has 1 aliphatic heterocycles. The lowest BCUT2D eigenvalue weighted by molar-refractivity contribution is -0.123. The second-order valence-corrected chi connectivity index (χ2v) is 6.37. The van der Waals surface area contributed by atoms with Gasteiger partial charge in [-0.3, -0.25) is 14.6 Å². The van der Waals surface area contributed by atoms with Gasteiger partial charge in [-0.05, 0) is 36.8 Å². The van der Waals surface area contributed by atoms with Gasteiger partial charge in [0.2, 0.25) is 5.91 Å². The number of carbonyl (C=O) groups is 2. The van der Waals surface area contributed by atoms with Gasteiger partial charge in [-0.25, -0.2) is 0 Å². The maximum atomic E-state index is 12.5. The maximum absolute atomic E-state index is 12.5. The number of amides is 2. The molecule has 0 atom stereocenters. The van der Waals surface area contributed by atoms with E-state index in [4.69, 9.17) is 5.73 Å². The largest absolute Gasteiger partial charge is 0.369 e. The van der Waals surface area contributed by atoms with Gasteiger partial charge in [-0.1, -0.05) is 0 Å². The first-order chi connectivity index (χ1) is 10.1. The van der Waals surface area contributed by atoms with Crippen LogP contribution in [0.2, 0.25) is 0 Å². The van der Waals surface area contributed by atoms with Gasteiger partial charge in [0.1, 0.15) is 0 Å². The molecule has 2 amide bonds. The molecule has 2 aromatic rings. The van der Waals surface area contributed by atoms with Crippen LogP contribution in [0, 0.1) is 12.8 Å². The third kappa shape index (κ3) is 2.63. The number of pyridine rings is 1. The quantitative estimate of drug-likeness (QED) is 0.921. The highest BCUT2D eigenvalue weighted by molar-refractivity contribution is 7.17. The van der Waals surface area contributed by atoms with Crippen LogP contribution in [-0.4, -0.2) is 34.8 Å². The zero-order valence-corrected chi connectivity index (χ0v) is 12.7. The van der Waals surface area contributed by atoms with Gasteiger partial charge in [0.25, 0.3) is 5.91 Å². The molecule has 1 saturated heterocycles. The molecular weight excluding hydrogens is 286 g/mol. The van der Waals surface area contributed by atoms with Crippen molar-refractivity contribution in [2.24, 2.45) is 11.7 Å². The molecule has 3 rings (SSSR count). The van der Waals surface area contributed by atoms with Crippen LogP contribution in [0.3, 0.4) is 0 Å². The average molecular weight is 303 g/mol. The third-order valence-electron chi connectivity index (χ3n) is 4.02. The third-order valence-corrected chi connectivity index (χ3v) is 5.06. The molecule has 0 saturated carbocycles. The first-order valence-electron chi connectivity index (χ1n) is 6.98. The summed E-state index contributed by atoms with van der Waals surface area (Å²) in [5.74, 6) is -0.382. The fourth-order valence-electron chi connectivity index (χ4n) is 2.70. The van der Waals surface area contributed by atoms with Gasteiger partial charge < -0.3 is 10.6 Å². The van der Waals surface area contributed by atoms with Crippen LogP contribution < -0.4 is 5.73 Å². The molecule has 0 radical (unpaired) electrons. The van der Waals surface area contributed by atoms with Crippen LogP contribution in [0.15, 0.2) is 17.6 Å². The predicted octanol–water partition coefficient (Wildman–Crippen LogP) is 1.94. The van der Waals surface area contributed by atoms with Crippen LogP contribution in [0.25, 0.3) is 10.2 Å². The van der Waals surface area contributed by atoms with Crippen molar-refractivity contribution in [1.29, 1.82) is 0 Å². The summed E-state index contributed by atoms with van der Waals surface area (Å²) < 4.78 is 1.03. The topological polar surface area (TPSA) is 76.3 Å². The minimum absolute atomic E-state index is 0.0154. The Hall–Kier alpha value is -1.95. The molecule has 0 spiro atoms. The van der Waals surface area contributed by atoms with Crippen molar-refractivity contribution in [3.05, 3.63) is 28.8 Å². The van der Waals surface area contributed by atoms with Crippen molar-refractivity contribution in [2.75, 3.05) is 13.1 Å². The standard InChI is InChI=1S/C15H17N3O2S/c1-9-8-21-12-6-11(7-17-13(9)12)15(20)18-4-2-10(3-5-18)14(16)19/h6-8,10H,2-5H2,1H3,(H2,16,19). The number of hydrogen-bond donors (Lipinski definition) is 1. The van der Waals surface area contributed by atoms with Gasteiger partial charge in [0.15, 0.2) is 0 Å². The Bertz CT molecular complexity index is 702. The van der Waals surface area contributed by atoms with E-state index < -0.39 is 0 Å². The number of piperidine rings is 1. The molecule has 0 bridgehead atoms. The first kappa shape index (κ1) is 14.0. The van der Waals surface area contributed by atoms with Gasteiger partial charge in [0, 0.05) is 25.2 Å². The van der Waals surface area contributed by atoms with Crippen LogP contribution >= 0.6 is 11.3 Å². The highest BCUT2D eigenvalue weighted by Gasteiger charge is 2.26. The van der Waals surface area contributed by atoms with Crippen LogP contribution in [0.5, 0.6) is 0 Å². The summed E-state index contributed by atoms with van der Waals surface area (Å²) in [6.07, 6.45) is 2.94. The number of carbonyl (C=O) groups excluding carboxylic acids is 2. The maximum Gasteiger partial charge on any atom is 0.255 e. The summed E-state index contributed by atoms with van der Waals surface area (Å²) in [4.78, 5) is 29.8. The summed E-state index contributed by atoms with van der Waals surface area (Å²) in [7, 11) is 0. The SMILES string of the molecule is Cc1csc2cc(C(=O)N3CCC(C(N)=O)CC3)cnc12. The molecule has 0 aromatic carbocycles.